The Balaban J connectivity index is 0.00000144. The molecule has 4 heteroatoms. The zero-order chi connectivity index (χ0) is 11.4. The van der Waals surface area contributed by atoms with E-state index in [9.17, 15) is 4.79 Å². The molecule has 1 aliphatic carbocycles. The second-order valence-corrected chi connectivity index (χ2v) is 5.34. The maximum atomic E-state index is 12.1. The number of nitrogens with one attached hydrogen (secondary N) is 1. The van der Waals surface area contributed by atoms with E-state index < -0.39 is 0 Å². The van der Waals surface area contributed by atoms with Crippen LogP contribution in [0.2, 0.25) is 0 Å². The highest BCUT2D eigenvalue weighted by molar-refractivity contribution is 5.85. The number of carbonyl (C=O) groups excluding carboxylic acids is 1. The number of hydrogen-bond acceptors (Lipinski definition) is 2. The van der Waals surface area contributed by atoms with Crippen LogP contribution in [-0.4, -0.2) is 37.0 Å². The highest BCUT2D eigenvalue weighted by Gasteiger charge is 2.26. The fraction of sp³-hybridized carbons (Fsp3) is 0.923. The molecule has 100 valence electrons. The van der Waals surface area contributed by atoms with Crippen LogP contribution < -0.4 is 5.32 Å². The van der Waals surface area contributed by atoms with Gasteiger partial charge in [0.05, 0.1) is 0 Å². The molecule has 3 nitrogen and oxygen atoms in total. The Morgan fingerprint density at radius 3 is 2.59 bits per heavy atom. The lowest BCUT2D eigenvalue weighted by atomic mass is 9.82. The molecule has 1 saturated heterocycles. The van der Waals surface area contributed by atoms with Crippen molar-refractivity contribution >= 4 is 18.3 Å². The Morgan fingerprint density at radius 1 is 1.18 bits per heavy atom. The smallest absolute Gasteiger partial charge is 0.222 e. The molecule has 0 bridgehead atoms. The summed E-state index contributed by atoms with van der Waals surface area (Å²) in [5.41, 5.74) is 0. The van der Waals surface area contributed by atoms with Crippen LogP contribution in [0, 0.1) is 5.92 Å². The highest BCUT2D eigenvalue weighted by atomic mass is 35.5. The molecule has 1 N–H and O–H groups in total. The molecular weight excluding hydrogens is 236 g/mol. The van der Waals surface area contributed by atoms with E-state index in [-0.39, 0.29) is 12.4 Å². The average Bonchev–Trinajstić information content (AvgIpc) is 2.50. The summed E-state index contributed by atoms with van der Waals surface area (Å²) in [5.74, 6) is 1.07. The van der Waals surface area contributed by atoms with E-state index in [2.05, 4.69) is 5.32 Å². The lowest BCUT2D eigenvalue weighted by Crippen LogP contribution is -2.39. The number of halogens is 1. The summed E-state index contributed by atoms with van der Waals surface area (Å²) in [6.07, 6.45) is 8.14. The molecule has 0 aromatic carbocycles. The van der Waals surface area contributed by atoms with E-state index in [1.54, 1.807) is 0 Å². The largest absolute Gasteiger partial charge is 0.343 e. The molecule has 0 radical (unpaired) electrons. The van der Waals surface area contributed by atoms with Gasteiger partial charge in [-0.15, -0.1) is 12.4 Å². The molecule has 1 saturated carbocycles. The van der Waals surface area contributed by atoms with Gasteiger partial charge in [-0.25, -0.2) is 0 Å². The van der Waals surface area contributed by atoms with E-state index >= 15 is 0 Å². The van der Waals surface area contributed by atoms with Gasteiger partial charge < -0.3 is 10.2 Å². The number of hydrogen-bond donors (Lipinski definition) is 1. The van der Waals surface area contributed by atoms with Crippen molar-refractivity contribution in [2.75, 3.05) is 20.1 Å². The fourth-order valence-electron chi connectivity index (χ4n) is 2.68. The van der Waals surface area contributed by atoms with Crippen molar-refractivity contribution in [3.63, 3.8) is 0 Å². The Hall–Kier alpha value is -0.280. The maximum Gasteiger partial charge on any atom is 0.222 e. The predicted octanol–water partition coefficient (Wildman–Crippen LogP) is 2.20. The molecule has 0 aromatic rings. The molecular formula is C13H25ClN2O. The minimum absolute atomic E-state index is 0. The first kappa shape index (κ1) is 14.8. The molecule has 1 heterocycles. The SMILES string of the molecule is CN(C(=O)CC1CCC1)C1CCCNCC1.Cl. The van der Waals surface area contributed by atoms with Crippen molar-refractivity contribution in [3.8, 4) is 0 Å². The summed E-state index contributed by atoms with van der Waals surface area (Å²) in [7, 11) is 2.00. The molecule has 1 amide bonds. The normalized spacial score (nSPS) is 25.4. The Labute approximate surface area is 111 Å². The lowest BCUT2D eigenvalue weighted by Gasteiger charge is -2.31. The predicted molar refractivity (Wildman–Crippen MR) is 72.5 cm³/mol. The summed E-state index contributed by atoms with van der Waals surface area (Å²) in [4.78, 5) is 14.1. The minimum atomic E-state index is 0. The zero-order valence-corrected chi connectivity index (χ0v) is 11.6. The van der Waals surface area contributed by atoms with Gasteiger partial charge in [0.1, 0.15) is 0 Å². The Kier molecular flexibility index (Phi) is 6.28. The maximum absolute atomic E-state index is 12.1. The molecule has 0 aromatic heterocycles. The number of amides is 1. The first-order valence-electron chi connectivity index (χ1n) is 6.74. The molecule has 17 heavy (non-hydrogen) atoms. The molecule has 2 aliphatic rings. The van der Waals surface area contributed by atoms with Gasteiger partial charge in [0.25, 0.3) is 0 Å². The van der Waals surface area contributed by atoms with Crippen LogP contribution in [0.5, 0.6) is 0 Å². The van der Waals surface area contributed by atoms with Crippen molar-refractivity contribution < 1.29 is 4.79 Å². The van der Waals surface area contributed by atoms with Gasteiger partial charge in [-0.05, 0) is 51.1 Å². The number of carbonyl (C=O) groups is 1. The van der Waals surface area contributed by atoms with Crippen LogP contribution in [0.25, 0.3) is 0 Å². The third-order valence-electron chi connectivity index (χ3n) is 4.17. The van der Waals surface area contributed by atoms with Crippen molar-refractivity contribution in [2.45, 2.75) is 51.0 Å². The van der Waals surface area contributed by atoms with Gasteiger partial charge in [-0.2, -0.15) is 0 Å². The van der Waals surface area contributed by atoms with Crippen molar-refractivity contribution in [1.82, 2.24) is 10.2 Å². The minimum Gasteiger partial charge on any atom is -0.343 e. The van der Waals surface area contributed by atoms with E-state index in [4.69, 9.17) is 0 Å². The molecule has 1 atom stereocenters. The zero-order valence-electron chi connectivity index (χ0n) is 10.8. The first-order valence-corrected chi connectivity index (χ1v) is 6.74. The van der Waals surface area contributed by atoms with E-state index in [0.717, 1.165) is 25.9 Å². The van der Waals surface area contributed by atoms with Gasteiger partial charge in [0.2, 0.25) is 5.91 Å². The van der Waals surface area contributed by atoms with Gasteiger partial charge in [0.15, 0.2) is 0 Å². The lowest BCUT2D eigenvalue weighted by molar-refractivity contribution is -0.133. The summed E-state index contributed by atoms with van der Waals surface area (Å²) < 4.78 is 0. The fourth-order valence-corrected chi connectivity index (χ4v) is 2.68. The van der Waals surface area contributed by atoms with Crippen molar-refractivity contribution in [3.05, 3.63) is 0 Å². The second-order valence-electron chi connectivity index (χ2n) is 5.34. The third-order valence-corrected chi connectivity index (χ3v) is 4.17. The first-order chi connectivity index (χ1) is 7.77. The Bertz CT molecular complexity index is 236. The molecule has 0 spiro atoms. The van der Waals surface area contributed by atoms with Crippen LogP contribution in [0.1, 0.15) is 44.9 Å². The van der Waals surface area contributed by atoms with Gasteiger partial charge in [0, 0.05) is 19.5 Å². The number of rotatable bonds is 3. The molecule has 2 rings (SSSR count). The van der Waals surface area contributed by atoms with E-state index in [1.807, 2.05) is 11.9 Å². The summed E-state index contributed by atoms with van der Waals surface area (Å²) in [6, 6.07) is 0.475. The van der Waals surface area contributed by atoms with Crippen LogP contribution in [0.3, 0.4) is 0 Å². The van der Waals surface area contributed by atoms with Gasteiger partial charge in [-0.1, -0.05) is 6.42 Å². The van der Waals surface area contributed by atoms with Crippen molar-refractivity contribution in [1.29, 1.82) is 0 Å². The Morgan fingerprint density at radius 2 is 1.94 bits per heavy atom. The number of nitrogens with zero attached hydrogens (tertiary/aromatic N) is 1. The average molecular weight is 261 g/mol. The quantitative estimate of drug-likeness (QED) is 0.844. The summed E-state index contributed by atoms with van der Waals surface area (Å²) in [5, 5.41) is 3.40. The molecule has 1 unspecified atom stereocenters. The van der Waals surface area contributed by atoms with Crippen molar-refractivity contribution in [2.24, 2.45) is 5.92 Å². The van der Waals surface area contributed by atoms with E-state index in [0.29, 0.717) is 17.9 Å². The molecule has 2 fully saturated rings. The highest BCUT2D eigenvalue weighted by Crippen LogP contribution is 2.30. The van der Waals surface area contributed by atoms with E-state index in [1.165, 1.54) is 32.1 Å². The summed E-state index contributed by atoms with van der Waals surface area (Å²) in [6.45, 7) is 2.17. The standard InChI is InChI=1S/C13H24N2O.ClH/c1-15(12-6-3-8-14-9-7-12)13(16)10-11-4-2-5-11;/h11-12,14H,2-10H2,1H3;1H. The topological polar surface area (TPSA) is 32.3 Å². The van der Waals surface area contributed by atoms with Crippen LogP contribution in [0.15, 0.2) is 0 Å². The van der Waals surface area contributed by atoms with Gasteiger partial charge >= 0.3 is 0 Å². The third kappa shape index (κ3) is 4.14. The monoisotopic (exact) mass is 260 g/mol. The van der Waals surface area contributed by atoms with Crippen LogP contribution in [0.4, 0.5) is 0 Å². The summed E-state index contributed by atoms with van der Waals surface area (Å²) >= 11 is 0. The van der Waals surface area contributed by atoms with Crippen LogP contribution in [-0.2, 0) is 4.79 Å². The van der Waals surface area contributed by atoms with Crippen LogP contribution >= 0.6 is 12.4 Å². The second kappa shape index (κ2) is 7.22. The molecule has 1 aliphatic heterocycles. The van der Waals surface area contributed by atoms with Gasteiger partial charge in [-0.3, -0.25) is 4.79 Å².